The molecule has 1 N–H and O–H groups in total. The molecule has 8 aromatic rings. The number of rotatable bonds is 9. The SMILES string of the molecule is COC(=O)[C@H]1C[C@]1(c1noc(=O)[nH]1)n1c(C(=O)N2CCc3nn(-c4cc(C)c(F)c(C)c4)c(-n4ccn(-c5ccc6c(cnn6C6CC6)c5F)c4=O)c3[C@@H]2C)cc2cc([C@H]3CCOC(C)(C)C3)ccc21. The van der Waals surface area contributed by atoms with Gasteiger partial charge in [0, 0.05) is 48.4 Å². The Hall–Kier alpha value is -7.41. The first-order valence-corrected chi connectivity index (χ1v) is 23.7. The van der Waals surface area contributed by atoms with E-state index in [2.05, 4.69) is 35.2 Å². The standard InChI is InChI=1S/C51H50F2N10O7/c1-26-19-33(20-27(2)42(26)52)63-44(60-17-16-59(49(60)67)39-12-11-38-34(43(39)53)25-54-62(38)32-8-9-32)41-28(3)58(15-13-36(41)56-63)45(64)40-22-31-21-29(30-14-18-69-50(4,5)23-30)7-10-37(31)61(40)51(24-35(51)46(65)68-6)47-55-48(66)70-57-47/h7,10-12,16-17,19-22,25,28,30,32,35H,8-9,13-15,18,23-24H2,1-6H3,(H,55,57,66)/t28-,30-,35+,51-/m0/s1. The first kappa shape index (κ1) is 43.8. The van der Waals surface area contributed by atoms with Crippen LogP contribution < -0.4 is 11.4 Å². The van der Waals surface area contributed by atoms with Gasteiger partial charge in [0.2, 0.25) is 0 Å². The molecule has 5 aromatic heterocycles. The van der Waals surface area contributed by atoms with Crippen LogP contribution in [0.2, 0.25) is 0 Å². The number of carbonyl (C=O) groups excluding carboxylic acids is 2. The number of nitrogens with zero attached hydrogens (tertiary/aromatic N) is 9. The number of imidazole rings is 1. The fourth-order valence-electron chi connectivity index (χ4n) is 11.4. The Labute approximate surface area is 398 Å². The van der Waals surface area contributed by atoms with E-state index in [-0.39, 0.29) is 60.0 Å². The summed E-state index contributed by atoms with van der Waals surface area (Å²) in [6.07, 6.45) is 8.51. The van der Waals surface area contributed by atoms with E-state index in [1.165, 1.54) is 28.6 Å². The number of ether oxygens (including phenoxy) is 2. The summed E-state index contributed by atoms with van der Waals surface area (Å²) < 4.78 is 55.8. The van der Waals surface area contributed by atoms with Gasteiger partial charge in [-0.2, -0.15) is 10.2 Å². The van der Waals surface area contributed by atoms with Crippen molar-refractivity contribution in [3.63, 3.8) is 0 Å². The second kappa shape index (κ2) is 15.5. The van der Waals surface area contributed by atoms with Crippen molar-refractivity contribution in [1.82, 2.24) is 48.3 Å². The van der Waals surface area contributed by atoms with Crippen molar-refractivity contribution in [3.8, 4) is 17.2 Å². The number of benzene rings is 3. The Morgan fingerprint density at radius 3 is 2.40 bits per heavy atom. The monoisotopic (exact) mass is 952 g/mol. The van der Waals surface area contributed by atoms with Gasteiger partial charge in [-0.1, -0.05) is 11.2 Å². The van der Waals surface area contributed by atoms with E-state index >= 15 is 13.6 Å². The highest BCUT2D eigenvalue weighted by molar-refractivity contribution is 6.00. The largest absolute Gasteiger partial charge is 0.469 e. The van der Waals surface area contributed by atoms with Gasteiger partial charge in [0.05, 0.1) is 64.9 Å². The zero-order valence-electron chi connectivity index (χ0n) is 39.5. The lowest BCUT2D eigenvalue weighted by atomic mass is 9.83. The lowest BCUT2D eigenvalue weighted by molar-refractivity contribution is -0.142. The van der Waals surface area contributed by atoms with Crippen molar-refractivity contribution >= 4 is 33.7 Å². The third-order valence-corrected chi connectivity index (χ3v) is 15.1. The van der Waals surface area contributed by atoms with Gasteiger partial charge in [-0.3, -0.25) is 32.9 Å². The molecule has 3 fully saturated rings. The van der Waals surface area contributed by atoms with E-state index in [9.17, 15) is 14.4 Å². The highest BCUT2D eigenvalue weighted by Gasteiger charge is 2.66. The van der Waals surface area contributed by atoms with Crippen LogP contribution in [0.25, 0.3) is 39.0 Å². The van der Waals surface area contributed by atoms with Crippen LogP contribution in [0.3, 0.4) is 0 Å². The van der Waals surface area contributed by atoms with Crippen LogP contribution in [-0.2, 0) is 26.2 Å². The molecule has 7 heterocycles. The number of fused-ring (bicyclic) bond motifs is 3. The summed E-state index contributed by atoms with van der Waals surface area (Å²) in [5.74, 6) is -2.99. The number of H-pyrrole nitrogens is 1. The molecule has 0 radical (unpaired) electrons. The fraction of sp³-hybridized carbons (Fsp3) is 0.392. The normalized spacial score (nSPS) is 21.9. The van der Waals surface area contributed by atoms with Gasteiger partial charge in [-0.25, -0.2) is 23.1 Å². The first-order chi connectivity index (χ1) is 33.6. The van der Waals surface area contributed by atoms with Gasteiger partial charge in [0.15, 0.2) is 11.6 Å². The van der Waals surface area contributed by atoms with Crippen molar-refractivity contribution in [2.45, 2.75) is 102 Å². The molecule has 2 saturated carbocycles. The molecule has 0 bridgehead atoms. The molecular formula is C51H50F2N10O7. The number of hydrogen-bond acceptors (Lipinski definition) is 10. The molecule has 12 rings (SSSR count). The fourth-order valence-corrected chi connectivity index (χ4v) is 11.4. The van der Waals surface area contributed by atoms with E-state index < -0.39 is 46.6 Å². The van der Waals surface area contributed by atoms with Crippen LogP contribution in [-0.4, -0.2) is 86.0 Å². The molecule has 4 aliphatic rings. The Balaban J connectivity index is 1.01. The van der Waals surface area contributed by atoms with Crippen LogP contribution in [0, 0.1) is 31.4 Å². The van der Waals surface area contributed by atoms with E-state index in [1.54, 1.807) is 58.5 Å². The van der Waals surface area contributed by atoms with Crippen LogP contribution in [0.1, 0.15) is 115 Å². The number of carbonyl (C=O) groups is 2. The molecular weight excluding hydrogens is 903 g/mol. The maximum Gasteiger partial charge on any atom is 0.438 e. The Kier molecular flexibility index (Phi) is 9.74. The summed E-state index contributed by atoms with van der Waals surface area (Å²) in [7, 11) is 1.29. The Bertz CT molecular complexity index is 3600. The minimum atomic E-state index is -1.35. The maximum absolute atomic E-state index is 16.5. The summed E-state index contributed by atoms with van der Waals surface area (Å²) in [5.41, 5.74) is 2.75. The topological polar surface area (TPSA) is 182 Å². The lowest BCUT2D eigenvalue weighted by Crippen LogP contribution is -2.41. The number of hydrogen-bond donors (Lipinski definition) is 1. The third-order valence-electron chi connectivity index (χ3n) is 15.1. The zero-order chi connectivity index (χ0) is 48.7. The predicted octanol–water partition coefficient (Wildman–Crippen LogP) is 7.39. The molecule has 19 heteroatoms. The number of aryl methyl sites for hydroxylation is 2. The Morgan fingerprint density at radius 1 is 0.929 bits per heavy atom. The van der Waals surface area contributed by atoms with Gasteiger partial charge >= 0.3 is 17.4 Å². The molecule has 1 saturated heterocycles. The number of amides is 1. The van der Waals surface area contributed by atoms with E-state index in [0.717, 1.165) is 36.6 Å². The minimum Gasteiger partial charge on any atom is -0.469 e. The van der Waals surface area contributed by atoms with Crippen LogP contribution in [0.5, 0.6) is 0 Å². The Morgan fingerprint density at radius 2 is 1.69 bits per heavy atom. The number of halogens is 2. The van der Waals surface area contributed by atoms with Crippen LogP contribution in [0.4, 0.5) is 8.78 Å². The first-order valence-electron chi connectivity index (χ1n) is 23.7. The van der Waals surface area contributed by atoms with Crippen molar-refractivity contribution in [2.24, 2.45) is 5.92 Å². The third kappa shape index (κ3) is 6.60. The molecule has 3 aromatic carbocycles. The van der Waals surface area contributed by atoms with E-state index in [4.69, 9.17) is 19.1 Å². The van der Waals surface area contributed by atoms with Crippen molar-refractivity contribution in [3.05, 3.63) is 139 Å². The average Bonchev–Trinajstić information content (AvgIpc) is 3.96. The molecule has 0 spiro atoms. The molecule has 0 unspecified atom stereocenters. The summed E-state index contributed by atoms with van der Waals surface area (Å²) in [5, 5.41) is 14.6. The van der Waals surface area contributed by atoms with E-state index in [1.807, 2.05) is 29.8 Å². The average molecular weight is 953 g/mol. The number of methoxy groups -OCH3 is 1. The van der Waals surface area contributed by atoms with Gasteiger partial charge in [0.25, 0.3) is 5.91 Å². The van der Waals surface area contributed by atoms with Gasteiger partial charge in [-0.15, -0.1) is 0 Å². The van der Waals surface area contributed by atoms with Crippen LogP contribution in [0.15, 0.2) is 81.2 Å². The summed E-state index contributed by atoms with van der Waals surface area (Å²) in [6, 6.07) is 14.0. The van der Waals surface area contributed by atoms with Crippen molar-refractivity contribution in [2.75, 3.05) is 20.3 Å². The summed E-state index contributed by atoms with van der Waals surface area (Å²) in [6.45, 7) is 10.1. The number of esters is 1. The molecule has 4 atom stereocenters. The number of nitrogens with one attached hydrogen (secondary N) is 1. The van der Waals surface area contributed by atoms with E-state index in [0.29, 0.717) is 56.9 Å². The number of aromatic amines is 1. The molecule has 1 amide bonds. The molecule has 2 aliphatic heterocycles. The zero-order valence-corrected chi connectivity index (χ0v) is 39.5. The summed E-state index contributed by atoms with van der Waals surface area (Å²) in [4.78, 5) is 61.0. The highest BCUT2D eigenvalue weighted by atomic mass is 19.1. The second-order valence-electron chi connectivity index (χ2n) is 20.0. The summed E-state index contributed by atoms with van der Waals surface area (Å²) >= 11 is 0. The number of aromatic nitrogens is 9. The quantitative estimate of drug-likeness (QED) is 0.143. The predicted molar refractivity (Wildman–Crippen MR) is 251 cm³/mol. The van der Waals surface area contributed by atoms with Gasteiger partial charge < -0.3 is 18.9 Å². The van der Waals surface area contributed by atoms with Crippen molar-refractivity contribution < 1.29 is 32.4 Å². The van der Waals surface area contributed by atoms with Crippen molar-refractivity contribution in [1.29, 1.82) is 0 Å². The minimum absolute atomic E-state index is 0.0362. The van der Waals surface area contributed by atoms with Gasteiger partial charge in [0.1, 0.15) is 22.9 Å². The molecule has 2 aliphatic carbocycles. The smallest absolute Gasteiger partial charge is 0.438 e. The molecule has 70 heavy (non-hydrogen) atoms. The molecule has 17 nitrogen and oxygen atoms in total. The lowest BCUT2D eigenvalue weighted by Gasteiger charge is -2.35. The van der Waals surface area contributed by atoms with Crippen LogP contribution >= 0.6 is 0 Å². The highest BCUT2D eigenvalue weighted by Crippen LogP contribution is 2.57. The van der Waals surface area contributed by atoms with Gasteiger partial charge in [-0.05, 0) is 132 Å². The second-order valence-corrected chi connectivity index (χ2v) is 20.0. The maximum atomic E-state index is 16.5. The molecule has 360 valence electrons.